The maximum atomic E-state index is 10.2. The highest BCUT2D eigenvalue weighted by atomic mass is 16.3. The zero-order valence-electron chi connectivity index (χ0n) is 21.4. The van der Waals surface area contributed by atoms with E-state index in [9.17, 15) is 5.11 Å². The summed E-state index contributed by atoms with van der Waals surface area (Å²) < 4.78 is 0. The van der Waals surface area contributed by atoms with E-state index in [1.165, 1.54) is 64.2 Å². The van der Waals surface area contributed by atoms with Crippen molar-refractivity contribution < 1.29 is 5.11 Å². The van der Waals surface area contributed by atoms with E-state index < -0.39 is 0 Å². The SMILES string of the molecule is CC.CC(C)(C)CCCC[C@H]1CCC2C3CC=C4CC(O)CCC4(C)C3CCC21C. The van der Waals surface area contributed by atoms with Gasteiger partial charge in [0.1, 0.15) is 0 Å². The number of hydrogen-bond acceptors (Lipinski definition) is 1. The summed E-state index contributed by atoms with van der Waals surface area (Å²) >= 11 is 0. The lowest BCUT2D eigenvalue weighted by Crippen LogP contribution is -2.50. The minimum atomic E-state index is -0.0753. The molecule has 6 unspecified atom stereocenters. The average Bonchev–Trinajstić information content (AvgIpc) is 3.03. The molecular formula is C29H52O. The van der Waals surface area contributed by atoms with Gasteiger partial charge in [0.25, 0.3) is 0 Å². The Hall–Kier alpha value is -0.300. The predicted octanol–water partition coefficient (Wildman–Crippen LogP) is 8.56. The molecule has 0 aliphatic heterocycles. The molecular weight excluding hydrogens is 364 g/mol. The Kier molecular flexibility index (Phi) is 7.53. The zero-order valence-corrected chi connectivity index (χ0v) is 21.4. The summed E-state index contributed by atoms with van der Waals surface area (Å²) in [6.07, 6.45) is 18.6. The molecule has 1 nitrogen and oxygen atoms in total. The third kappa shape index (κ3) is 4.57. The molecule has 0 heterocycles. The number of fused-ring (bicyclic) bond motifs is 5. The smallest absolute Gasteiger partial charge is 0.0577 e. The number of rotatable bonds is 4. The third-order valence-electron chi connectivity index (χ3n) is 10.0. The summed E-state index contributed by atoms with van der Waals surface area (Å²) in [7, 11) is 0. The summed E-state index contributed by atoms with van der Waals surface area (Å²) in [6, 6.07) is 0. The molecule has 4 aliphatic carbocycles. The van der Waals surface area contributed by atoms with E-state index >= 15 is 0 Å². The Bertz CT molecular complexity index is 598. The lowest BCUT2D eigenvalue weighted by Gasteiger charge is -2.58. The van der Waals surface area contributed by atoms with Gasteiger partial charge >= 0.3 is 0 Å². The van der Waals surface area contributed by atoms with Gasteiger partial charge in [-0.1, -0.05) is 73.0 Å². The van der Waals surface area contributed by atoms with Crippen LogP contribution in [0.15, 0.2) is 11.6 Å². The van der Waals surface area contributed by atoms with Crippen LogP contribution in [0.2, 0.25) is 0 Å². The first kappa shape index (κ1) is 24.3. The van der Waals surface area contributed by atoms with Gasteiger partial charge < -0.3 is 5.11 Å². The van der Waals surface area contributed by atoms with Crippen molar-refractivity contribution in [2.45, 2.75) is 132 Å². The second-order valence-corrected chi connectivity index (χ2v) is 12.8. The molecule has 3 fully saturated rings. The number of allylic oxidation sites excluding steroid dienone is 1. The van der Waals surface area contributed by atoms with Gasteiger partial charge in [-0.15, -0.1) is 0 Å². The van der Waals surface area contributed by atoms with Crippen LogP contribution in [0.4, 0.5) is 0 Å². The van der Waals surface area contributed by atoms with E-state index in [-0.39, 0.29) is 6.10 Å². The summed E-state index contributed by atoms with van der Waals surface area (Å²) in [5.74, 6) is 3.74. The molecule has 0 aromatic rings. The minimum Gasteiger partial charge on any atom is -0.393 e. The van der Waals surface area contributed by atoms with Crippen molar-refractivity contribution in [3.05, 3.63) is 11.6 Å². The fraction of sp³-hybridized carbons (Fsp3) is 0.931. The van der Waals surface area contributed by atoms with E-state index in [4.69, 9.17) is 0 Å². The van der Waals surface area contributed by atoms with Crippen molar-refractivity contribution in [2.24, 2.45) is 39.9 Å². The molecule has 0 bridgehead atoms. The van der Waals surface area contributed by atoms with E-state index in [0.29, 0.717) is 16.2 Å². The molecule has 4 rings (SSSR count). The Morgan fingerprint density at radius 1 is 0.967 bits per heavy atom. The fourth-order valence-corrected chi connectivity index (χ4v) is 8.27. The molecule has 30 heavy (non-hydrogen) atoms. The highest BCUT2D eigenvalue weighted by molar-refractivity contribution is 5.25. The maximum Gasteiger partial charge on any atom is 0.0577 e. The molecule has 0 aromatic heterocycles. The quantitative estimate of drug-likeness (QED) is 0.359. The van der Waals surface area contributed by atoms with Crippen molar-refractivity contribution >= 4 is 0 Å². The van der Waals surface area contributed by atoms with Crippen LogP contribution in [-0.4, -0.2) is 11.2 Å². The molecule has 1 heteroatoms. The van der Waals surface area contributed by atoms with Crippen LogP contribution in [0.25, 0.3) is 0 Å². The lowest BCUT2D eigenvalue weighted by molar-refractivity contribution is -0.0509. The van der Waals surface area contributed by atoms with Gasteiger partial charge in [-0.05, 0) is 104 Å². The van der Waals surface area contributed by atoms with Gasteiger partial charge in [0.15, 0.2) is 0 Å². The second kappa shape index (κ2) is 9.29. The van der Waals surface area contributed by atoms with E-state index in [1.807, 2.05) is 13.8 Å². The highest BCUT2D eigenvalue weighted by Gasteiger charge is 2.58. The molecule has 3 saturated carbocycles. The monoisotopic (exact) mass is 416 g/mol. The van der Waals surface area contributed by atoms with Gasteiger partial charge in [0, 0.05) is 0 Å². The summed E-state index contributed by atoms with van der Waals surface area (Å²) in [5.41, 5.74) is 3.12. The van der Waals surface area contributed by atoms with Crippen LogP contribution in [0, 0.1) is 39.9 Å². The van der Waals surface area contributed by atoms with Crippen LogP contribution in [0.3, 0.4) is 0 Å². The van der Waals surface area contributed by atoms with Gasteiger partial charge in [-0.3, -0.25) is 0 Å². The number of aliphatic hydroxyl groups excluding tert-OH is 1. The Labute approximate surface area is 188 Å². The first-order chi connectivity index (χ1) is 14.1. The predicted molar refractivity (Wildman–Crippen MR) is 130 cm³/mol. The molecule has 7 atom stereocenters. The maximum absolute atomic E-state index is 10.2. The molecule has 0 radical (unpaired) electrons. The number of hydrogen-bond donors (Lipinski definition) is 1. The normalized spacial score (nSPS) is 42.9. The van der Waals surface area contributed by atoms with E-state index in [0.717, 1.165) is 36.5 Å². The van der Waals surface area contributed by atoms with Crippen molar-refractivity contribution in [1.82, 2.24) is 0 Å². The third-order valence-corrected chi connectivity index (χ3v) is 10.0. The second-order valence-electron chi connectivity index (χ2n) is 12.8. The summed E-state index contributed by atoms with van der Waals surface area (Å²) in [6.45, 7) is 16.4. The van der Waals surface area contributed by atoms with Crippen LogP contribution in [0.5, 0.6) is 0 Å². The topological polar surface area (TPSA) is 20.2 Å². The van der Waals surface area contributed by atoms with Crippen LogP contribution >= 0.6 is 0 Å². The van der Waals surface area contributed by atoms with Gasteiger partial charge in [-0.2, -0.15) is 0 Å². The number of unbranched alkanes of at least 4 members (excludes halogenated alkanes) is 1. The van der Waals surface area contributed by atoms with Crippen molar-refractivity contribution in [3.8, 4) is 0 Å². The molecule has 174 valence electrons. The zero-order chi connectivity index (χ0) is 22.2. The van der Waals surface area contributed by atoms with Gasteiger partial charge in [-0.25, -0.2) is 0 Å². The van der Waals surface area contributed by atoms with Crippen molar-refractivity contribution in [1.29, 1.82) is 0 Å². The van der Waals surface area contributed by atoms with Crippen molar-refractivity contribution in [3.63, 3.8) is 0 Å². The van der Waals surface area contributed by atoms with Crippen LogP contribution in [0.1, 0.15) is 126 Å². The molecule has 1 N–H and O–H groups in total. The van der Waals surface area contributed by atoms with Gasteiger partial charge in [0.2, 0.25) is 0 Å². The fourth-order valence-electron chi connectivity index (χ4n) is 8.27. The highest BCUT2D eigenvalue weighted by Crippen LogP contribution is 2.66. The summed E-state index contributed by atoms with van der Waals surface area (Å²) in [4.78, 5) is 0. The minimum absolute atomic E-state index is 0.0753. The van der Waals surface area contributed by atoms with E-state index in [1.54, 1.807) is 5.57 Å². The molecule has 4 aliphatic rings. The molecule has 0 spiro atoms. The molecule has 0 aromatic carbocycles. The molecule has 0 amide bonds. The standard InChI is InChI=1S/C27H46O.C2H6/c1-25(2,3)15-7-6-8-19-10-12-23-22-11-9-20-18-21(28)13-16-27(20,5)24(22)14-17-26(19,23)4;1-2/h9,19,21-24,28H,6-8,10-18H2,1-5H3;1-2H3/t19-,21?,22?,23?,24?,26?,27?;/m0./s1. The first-order valence-corrected chi connectivity index (χ1v) is 13.5. The number of aliphatic hydroxyl groups is 1. The average molecular weight is 417 g/mol. The first-order valence-electron chi connectivity index (χ1n) is 13.5. The Morgan fingerprint density at radius 2 is 1.70 bits per heavy atom. The Balaban J connectivity index is 0.00000124. The van der Waals surface area contributed by atoms with Crippen LogP contribution < -0.4 is 0 Å². The largest absolute Gasteiger partial charge is 0.393 e. The van der Waals surface area contributed by atoms with Gasteiger partial charge in [0.05, 0.1) is 6.10 Å². The lowest BCUT2D eigenvalue weighted by atomic mass is 9.47. The summed E-state index contributed by atoms with van der Waals surface area (Å²) in [5, 5.41) is 10.2. The molecule has 0 saturated heterocycles. The Morgan fingerprint density at radius 3 is 2.40 bits per heavy atom. The van der Waals surface area contributed by atoms with E-state index in [2.05, 4.69) is 40.7 Å². The van der Waals surface area contributed by atoms with Crippen molar-refractivity contribution in [2.75, 3.05) is 0 Å². The van der Waals surface area contributed by atoms with Crippen LogP contribution in [-0.2, 0) is 0 Å².